The fourth-order valence-corrected chi connectivity index (χ4v) is 2.74. The van der Waals surface area contributed by atoms with E-state index in [9.17, 15) is 9.18 Å². The van der Waals surface area contributed by atoms with Gasteiger partial charge in [0.05, 0.1) is 6.21 Å². The largest absolute Gasteiger partial charge is 0.302 e. The van der Waals surface area contributed by atoms with Gasteiger partial charge in [-0.2, -0.15) is 9.78 Å². The molecule has 4 aromatic rings. The molecule has 0 N–H and O–H groups in total. The average molecular weight is 424 g/mol. The lowest BCUT2D eigenvalue weighted by molar-refractivity contribution is 0.628. The van der Waals surface area contributed by atoms with E-state index in [1.54, 1.807) is 6.21 Å². The first-order valence-corrected chi connectivity index (χ1v) is 8.71. The summed E-state index contributed by atoms with van der Waals surface area (Å²) in [4.78, 5) is 25.5. The van der Waals surface area contributed by atoms with Crippen LogP contribution in [0.4, 0.5) is 4.39 Å². The van der Waals surface area contributed by atoms with Gasteiger partial charge in [-0.1, -0.05) is 28.1 Å². The number of halogens is 2. The third-order valence-electron chi connectivity index (χ3n) is 3.78. The number of rotatable bonds is 3. The minimum Gasteiger partial charge on any atom is -0.265 e. The van der Waals surface area contributed by atoms with Crippen LogP contribution in [-0.2, 0) is 0 Å². The van der Waals surface area contributed by atoms with Crippen LogP contribution in [0.1, 0.15) is 5.56 Å². The van der Waals surface area contributed by atoms with Gasteiger partial charge in [0.15, 0.2) is 17.0 Å². The topological polar surface area (TPSA) is 73.0 Å². The second-order valence-corrected chi connectivity index (χ2v) is 6.50. The molecule has 0 aliphatic heterocycles. The average Bonchev–Trinajstić information content (AvgIpc) is 2.69. The normalized spacial score (nSPS) is 11.3. The molecule has 0 aliphatic carbocycles. The summed E-state index contributed by atoms with van der Waals surface area (Å²) in [7, 11) is 0. The fraction of sp³-hybridized carbons (Fsp3) is 0. The maximum absolute atomic E-state index is 13.3. The molecule has 0 saturated heterocycles. The van der Waals surface area contributed by atoms with Crippen LogP contribution < -0.4 is 5.56 Å². The van der Waals surface area contributed by atoms with Gasteiger partial charge in [0, 0.05) is 22.4 Å². The SMILES string of the molecule is O=c1c2nccnc2nc(-c2ccc(F)cc2)n1/N=C\c1ccc(Br)cc1. The van der Waals surface area contributed by atoms with Gasteiger partial charge < -0.3 is 0 Å². The van der Waals surface area contributed by atoms with E-state index in [2.05, 4.69) is 36.0 Å². The molecule has 0 bridgehead atoms. The van der Waals surface area contributed by atoms with Crippen LogP contribution in [0.15, 0.2) is 75.3 Å². The van der Waals surface area contributed by atoms with Crippen LogP contribution >= 0.6 is 15.9 Å². The van der Waals surface area contributed by atoms with E-state index in [-0.39, 0.29) is 22.8 Å². The van der Waals surface area contributed by atoms with Crippen molar-refractivity contribution in [3.05, 3.63) is 87.1 Å². The van der Waals surface area contributed by atoms with Crippen molar-refractivity contribution in [2.75, 3.05) is 0 Å². The number of fused-ring (bicyclic) bond motifs is 1. The summed E-state index contributed by atoms with van der Waals surface area (Å²) in [5.74, 6) is -0.132. The predicted octanol–water partition coefficient (Wildman–Crippen LogP) is 3.64. The Morgan fingerprint density at radius 2 is 1.70 bits per heavy atom. The maximum Gasteiger partial charge on any atom is 0.302 e. The second-order valence-electron chi connectivity index (χ2n) is 5.58. The summed E-state index contributed by atoms with van der Waals surface area (Å²) in [6.07, 6.45) is 4.43. The first-order valence-electron chi connectivity index (χ1n) is 7.91. The van der Waals surface area contributed by atoms with Gasteiger partial charge in [-0.3, -0.25) is 4.79 Å². The van der Waals surface area contributed by atoms with Gasteiger partial charge in [0.1, 0.15) is 5.82 Å². The minimum absolute atomic E-state index is 0.108. The Hall–Kier alpha value is -3.26. The van der Waals surface area contributed by atoms with Crippen molar-refractivity contribution in [1.29, 1.82) is 0 Å². The number of hydrogen-bond acceptors (Lipinski definition) is 5. The molecule has 0 radical (unpaired) electrons. The van der Waals surface area contributed by atoms with Crippen molar-refractivity contribution in [3.8, 4) is 11.4 Å². The van der Waals surface area contributed by atoms with Crippen LogP contribution in [0.25, 0.3) is 22.6 Å². The summed E-state index contributed by atoms with van der Waals surface area (Å²) >= 11 is 3.37. The molecule has 132 valence electrons. The molecule has 0 amide bonds. The highest BCUT2D eigenvalue weighted by Crippen LogP contribution is 2.18. The Morgan fingerprint density at radius 3 is 2.44 bits per heavy atom. The zero-order chi connectivity index (χ0) is 18.8. The van der Waals surface area contributed by atoms with Crippen molar-refractivity contribution in [2.45, 2.75) is 0 Å². The van der Waals surface area contributed by atoms with Gasteiger partial charge in [-0.15, -0.1) is 0 Å². The third kappa shape index (κ3) is 3.52. The Morgan fingerprint density at radius 1 is 1.00 bits per heavy atom. The predicted molar refractivity (Wildman–Crippen MR) is 104 cm³/mol. The zero-order valence-electron chi connectivity index (χ0n) is 13.8. The number of benzene rings is 2. The molecule has 6 nitrogen and oxygen atoms in total. The number of aromatic nitrogens is 4. The lowest BCUT2D eigenvalue weighted by Crippen LogP contribution is -2.21. The Labute approximate surface area is 161 Å². The molecule has 0 aliphatic rings. The van der Waals surface area contributed by atoms with Crippen LogP contribution in [-0.4, -0.2) is 25.8 Å². The van der Waals surface area contributed by atoms with Gasteiger partial charge in [0.25, 0.3) is 0 Å². The molecule has 2 aromatic carbocycles. The summed E-state index contributed by atoms with van der Waals surface area (Å²) in [5.41, 5.74) is 1.19. The first-order chi connectivity index (χ1) is 13.1. The van der Waals surface area contributed by atoms with Crippen molar-refractivity contribution in [3.63, 3.8) is 0 Å². The highest BCUT2D eigenvalue weighted by molar-refractivity contribution is 9.10. The molecule has 8 heteroatoms. The molecule has 4 rings (SSSR count). The van der Waals surface area contributed by atoms with E-state index in [4.69, 9.17) is 0 Å². The van der Waals surface area contributed by atoms with E-state index in [1.165, 1.54) is 36.7 Å². The van der Waals surface area contributed by atoms with Crippen LogP contribution in [0.5, 0.6) is 0 Å². The van der Waals surface area contributed by atoms with Crippen LogP contribution in [0.3, 0.4) is 0 Å². The van der Waals surface area contributed by atoms with E-state index < -0.39 is 5.56 Å². The van der Waals surface area contributed by atoms with E-state index in [0.29, 0.717) is 5.56 Å². The fourth-order valence-electron chi connectivity index (χ4n) is 2.47. The molecule has 0 unspecified atom stereocenters. The minimum atomic E-state index is -0.458. The van der Waals surface area contributed by atoms with Gasteiger partial charge in [-0.25, -0.2) is 19.3 Å². The van der Waals surface area contributed by atoms with Crippen molar-refractivity contribution in [2.24, 2.45) is 5.10 Å². The maximum atomic E-state index is 13.3. The van der Waals surface area contributed by atoms with E-state index in [1.807, 2.05) is 24.3 Å². The number of hydrogen-bond donors (Lipinski definition) is 0. The highest BCUT2D eigenvalue weighted by atomic mass is 79.9. The standard InChI is InChI=1S/C19H11BrFN5O/c20-14-5-1-12(2-6-14)11-24-26-18(13-3-7-15(21)8-4-13)25-17-16(19(26)27)22-9-10-23-17/h1-11H/b24-11-. The summed E-state index contributed by atoms with van der Waals surface area (Å²) < 4.78 is 15.4. The van der Waals surface area contributed by atoms with Crippen LogP contribution in [0, 0.1) is 5.82 Å². The lowest BCUT2D eigenvalue weighted by atomic mass is 10.2. The smallest absolute Gasteiger partial charge is 0.265 e. The lowest BCUT2D eigenvalue weighted by Gasteiger charge is -2.08. The van der Waals surface area contributed by atoms with Gasteiger partial charge in [-0.05, 0) is 42.0 Å². The molecule has 27 heavy (non-hydrogen) atoms. The second kappa shape index (κ2) is 7.16. The van der Waals surface area contributed by atoms with E-state index in [0.717, 1.165) is 14.7 Å². The quantitative estimate of drug-likeness (QED) is 0.471. The van der Waals surface area contributed by atoms with Gasteiger partial charge in [0.2, 0.25) is 0 Å². The Kier molecular flexibility index (Phi) is 4.55. The Bertz CT molecular complexity index is 1200. The molecule has 0 atom stereocenters. The van der Waals surface area contributed by atoms with E-state index >= 15 is 0 Å². The summed E-state index contributed by atoms with van der Waals surface area (Å²) in [6, 6.07) is 13.1. The molecule has 2 aromatic heterocycles. The summed E-state index contributed by atoms with van der Waals surface area (Å²) in [5, 5.41) is 4.29. The molecule has 0 spiro atoms. The van der Waals surface area contributed by atoms with Gasteiger partial charge >= 0.3 is 5.56 Å². The Balaban J connectivity index is 1.92. The molecule has 0 saturated carbocycles. The molecule has 2 heterocycles. The number of nitrogens with zero attached hydrogens (tertiary/aromatic N) is 5. The third-order valence-corrected chi connectivity index (χ3v) is 4.31. The first kappa shape index (κ1) is 17.2. The van der Waals surface area contributed by atoms with Crippen LogP contribution in [0.2, 0.25) is 0 Å². The summed E-state index contributed by atoms with van der Waals surface area (Å²) in [6.45, 7) is 0. The van der Waals surface area contributed by atoms with Crippen molar-refractivity contribution >= 4 is 33.3 Å². The molecule has 0 fully saturated rings. The van der Waals surface area contributed by atoms with Crippen molar-refractivity contribution < 1.29 is 4.39 Å². The van der Waals surface area contributed by atoms with Crippen molar-refractivity contribution in [1.82, 2.24) is 19.6 Å². The highest BCUT2D eigenvalue weighted by Gasteiger charge is 2.14. The molecular weight excluding hydrogens is 413 g/mol. The monoisotopic (exact) mass is 423 g/mol. The molecular formula is C19H11BrFN5O. The zero-order valence-corrected chi connectivity index (χ0v) is 15.3.